The molecule has 1 aliphatic heterocycles. The van der Waals surface area contributed by atoms with Crippen LogP contribution in [0.4, 0.5) is 5.82 Å². The van der Waals surface area contributed by atoms with Crippen molar-refractivity contribution in [2.24, 2.45) is 0 Å². The van der Waals surface area contributed by atoms with Crippen molar-refractivity contribution in [3.63, 3.8) is 0 Å². The molecule has 1 fully saturated rings. The van der Waals surface area contributed by atoms with Crippen molar-refractivity contribution < 1.29 is 4.74 Å². The summed E-state index contributed by atoms with van der Waals surface area (Å²) >= 11 is 0. The predicted octanol–water partition coefficient (Wildman–Crippen LogP) is 2.72. The van der Waals surface area contributed by atoms with E-state index in [2.05, 4.69) is 25.9 Å². The smallest absolute Gasteiger partial charge is 0.316 e. The van der Waals surface area contributed by atoms with Gasteiger partial charge in [0.2, 0.25) is 0 Å². The minimum absolute atomic E-state index is 0.00406. The second-order valence-electron chi connectivity index (χ2n) is 6.26. The number of nitriles is 1. The Labute approximate surface area is 142 Å². The molecule has 6 heteroatoms. The minimum atomic E-state index is -0.00406. The zero-order chi connectivity index (χ0) is 17.1. The Morgan fingerprint density at radius 2 is 2.00 bits per heavy atom. The minimum Gasteiger partial charge on any atom is -0.458 e. The Kier molecular flexibility index (Phi) is 4.61. The van der Waals surface area contributed by atoms with Gasteiger partial charge in [-0.05, 0) is 50.8 Å². The highest BCUT2D eigenvalue weighted by Crippen LogP contribution is 2.26. The van der Waals surface area contributed by atoms with Crippen molar-refractivity contribution in [1.29, 1.82) is 5.26 Å². The SMILES string of the molecule is Cc1cnc(OC2CCCN(c3nc(C)cc(C)c3C#N)C2)nc1. The number of pyridine rings is 1. The van der Waals surface area contributed by atoms with Crippen molar-refractivity contribution >= 4 is 5.82 Å². The summed E-state index contributed by atoms with van der Waals surface area (Å²) in [5.74, 6) is 0.758. The third-order valence-corrected chi connectivity index (χ3v) is 4.14. The molecule has 1 atom stereocenters. The van der Waals surface area contributed by atoms with Crippen LogP contribution in [-0.4, -0.2) is 34.1 Å². The molecule has 0 N–H and O–H groups in total. The number of piperidine rings is 1. The fraction of sp³-hybridized carbons (Fsp3) is 0.444. The molecule has 0 aromatic carbocycles. The van der Waals surface area contributed by atoms with Gasteiger partial charge in [0.15, 0.2) is 0 Å². The van der Waals surface area contributed by atoms with E-state index in [-0.39, 0.29) is 6.10 Å². The first-order valence-corrected chi connectivity index (χ1v) is 8.15. The normalized spacial score (nSPS) is 17.4. The number of nitrogens with zero attached hydrogens (tertiary/aromatic N) is 5. The van der Waals surface area contributed by atoms with E-state index in [4.69, 9.17) is 4.74 Å². The summed E-state index contributed by atoms with van der Waals surface area (Å²) in [6.45, 7) is 7.41. The standard InChI is InChI=1S/C18H21N5O/c1-12-9-20-18(21-10-12)24-15-5-4-6-23(11-15)17-16(8-19)13(2)7-14(3)22-17/h7,9-10,15H,4-6,11H2,1-3H3. The molecule has 0 saturated carbocycles. The number of anilines is 1. The van der Waals surface area contributed by atoms with Gasteiger partial charge in [-0.1, -0.05) is 0 Å². The molecule has 3 heterocycles. The maximum absolute atomic E-state index is 9.48. The monoisotopic (exact) mass is 323 g/mol. The van der Waals surface area contributed by atoms with E-state index in [1.807, 2.05) is 26.8 Å². The molecule has 0 amide bonds. The third-order valence-electron chi connectivity index (χ3n) is 4.14. The molecule has 24 heavy (non-hydrogen) atoms. The first-order chi connectivity index (χ1) is 11.6. The average Bonchev–Trinajstić information content (AvgIpc) is 2.57. The molecule has 6 nitrogen and oxygen atoms in total. The molecule has 0 aliphatic carbocycles. The van der Waals surface area contributed by atoms with Crippen molar-refractivity contribution in [3.8, 4) is 12.1 Å². The van der Waals surface area contributed by atoms with Gasteiger partial charge in [0.05, 0.1) is 12.1 Å². The van der Waals surface area contributed by atoms with Crippen LogP contribution in [0, 0.1) is 32.1 Å². The zero-order valence-electron chi connectivity index (χ0n) is 14.3. The summed E-state index contributed by atoms with van der Waals surface area (Å²) in [5, 5.41) is 9.48. The lowest BCUT2D eigenvalue weighted by Gasteiger charge is -2.34. The molecule has 2 aromatic heterocycles. The summed E-state index contributed by atoms with van der Waals surface area (Å²) in [5.41, 5.74) is 3.54. The summed E-state index contributed by atoms with van der Waals surface area (Å²) in [4.78, 5) is 15.2. The van der Waals surface area contributed by atoms with Gasteiger partial charge in [-0.25, -0.2) is 15.0 Å². The van der Waals surface area contributed by atoms with Crippen molar-refractivity contribution in [2.75, 3.05) is 18.0 Å². The van der Waals surface area contributed by atoms with Crippen LogP contribution in [-0.2, 0) is 0 Å². The Hall–Kier alpha value is -2.68. The first kappa shape index (κ1) is 16.2. The topological polar surface area (TPSA) is 74.9 Å². The third kappa shape index (κ3) is 3.46. The maximum Gasteiger partial charge on any atom is 0.316 e. The van der Waals surface area contributed by atoms with Crippen LogP contribution in [0.15, 0.2) is 18.5 Å². The van der Waals surface area contributed by atoms with E-state index < -0.39 is 0 Å². The van der Waals surface area contributed by atoms with E-state index in [0.717, 1.165) is 42.0 Å². The van der Waals surface area contributed by atoms with E-state index in [1.165, 1.54) is 0 Å². The number of aryl methyl sites for hydroxylation is 3. The molecule has 124 valence electrons. The summed E-state index contributed by atoms with van der Waals surface area (Å²) in [7, 11) is 0. The van der Waals surface area contributed by atoms with Crippen LogP contribution in [0.25, 0.3) is 0 Å². The molecule has 0 bridgehead atoms. The van der Waals surface area contributed by atoms with Crippen LogP contribution >= 0.6 is 0 Å². The highest BCUT2D eigenvalue weighted by Gasteiger charge is 2.25. The summed E-state index contributed by atoms with van der Waals surface area (Å²) in [6, 6.07) is 4.64. The Morgan fingerprint density at radius 1 is 1.25 bits per heavy atom. The fourth-order valence-electron chi connectivity index (χ4n) is 3.00. The fourth-order valence-corrected chi connectivity index (χ4v) is 3.00. The molecular weight excluding hydrogens is 302 g/mol. The highest BCUT2D eigenvalue weighted by atomic mass is 16.5. The Morgan fingerprint density at radius 3 is 2.71 bits per heavy atom. The lowest BCUT2D eigenvalue weighted by molar-refractivity contribution is 0.164. The lowest BCUT2D eigenvalue weighted by atomic mass is 10.1. The highest BCUT2D eigenvalue weighted by molar-refractivity contribution is 5.58. The zero-order valence-corrected chi connectivity index (χ0v) is 14.3. The van der Waals surface area contributed by atoms with Crippen LogP contribution < -0.4 is 9.64 Å². The molecule has 1 saturated heterocycles. The van der Waals surface area contributed by atoms with Crippen LogP contribution in [0.1, 0.15) is 35.2 Å². The number of rotatable bonds is 3. The van der Waals surface area contributed by atoms with Gasteiger partial charge in [0.1, 0.15) is 18.0 Å². The Bertz CT molecular complexity index is 766. The van der Waals surface area contributed by atoms with Crippen molar-refractivity contribution in [1.82, 2.24) is 15.0 Å². The van der Waals surface area contributed by atoms with Gasteiger partial charge in [0.25, 0.3) is 0 Å². The Balaban J connectivity index is 1.79. The van der Waals surface area contributed by atoms with Gasteiger partial charge in [0, 0.05) is 24.6 Å². The maximum atomic E-state index is 9.48. The summed E-state index contributed by atoms with van der Waals surface area (Å²) in [6.07, 6.45) is 5.43. The van der Waals surface area contributed by atoms with Gasteiger partial charge < -0.3 is 9.64 Å². The van der Waals surface area contributed by atoms with Gasteiger partial charge in [-0.3, -0.25) is 0 Å². The predicted molar refractivity (Wildman–Crippen MR) is 91.1 cm³/mol. The van der Waals surface area contributed by atoms with Crippen molar-refractivity contribution in [3.05, 3.63) is 40.8 Å². The first-order valence-electron chi connectivity index (χ1n) is 8.15. The van der Waals surface area contributed by atoms with Crippen LogP contribution in [0.2, 0.25) is 0 Å². The average molecular weight is 323 g/mol. The molecule has 2 aromatic rings. The van der Waals surface area contributed by atoms with E-state index in [9.17, 15) is 5.26 Å². The summed E-state index contributed by atoms with van der Waals surface area (Å²) < 4.78 is 5.92. The number of ether oxygens (including phenoxy) is 1. The number of hydrogen-bond acceptors (Lipinski definition) is 6. The quantitative estimate of drug-likeness (QED) is 0.864. The van der Waals surface area contributed by atoms with Crippen LogP contribution in [0.3, 0.4) is 0 Å². The number of hydrogen-bond donors (Lipinski definition) is 0. The van der Waals surface area contributed by atoms with E-state index in [1.54, 1.807) is 12.4 Å². The second-order valence-corrected chi connectivity index (χ2v) is 6.26. The van der Waals surface area contributed by atoms with Gasteiger partial charge in [-0.2, -0.15) is 5.26 Å². The van der Waals surface area contributed by atoms with Gasteiger partial charge >= 0.3 is 6.01 Å². The lowest BCUT2D eigenvalue weighted by Crippen LogP contribution is -2.42. The molecule has 0 radical (unpaired) electrons. The molecule has 1 unspecified atom stereocenters. The second kappa shape index (κ2) is 6.83. The molecular formula is C18H21N5O. The van der Waals surface area contributed by atoms with E-state index >= 15 is 0 Å². The van der Waals surface area contributed by atoms with Crippen molar-refractivity contribution in [2.45, 2.75) is 39.7 Å². The number of aromatic nitrogens is 3. The van der Waals surface area contributed by atoms with Gasteiger partial charge in [-0.15, -0.1) is 0 Å². The molecule has 1 aliphatic rings. The molecule has 0 spiro atoms. The van der Waals surface area contributed by atoms with E-state index in [0.29, 0.717) is 18.1 Å². The molecule has 3 rings (SSSR count). The van der Waals surface area contributed by atoms with Crippen LogP contribution in [0.5, 0.6) is 6.01 Å². The largest absolute Gasteiger partial charge is 0.458 e.